The molecule has 0 saturated heterocycles. The van der Waals surface area contributed by atoms with Gasteiger partial charge < -0.3 is 14.6 Å². The molecule has 0 aliphatic carbocycles. The normalized spacial score (nSPS) is 8.29. The van der Waals surface area contributed by atoms with Gasteiger partial charge in [-0.15, -0.1) is 9.05 Å². The van der Waals surface area contributed by atoms with Gasteiger partial charge in [0.1, 0.15) is 0 Å². The molecular formula is H2MgO4S2. The summed E-state index contributed by atoms with van der Waals surface area (Å²) in [5.74, 6) is 0. The Bertz CT molecular complexity index is 92.9. The topological polar surface area (TPSA) is 94.7 Å². The molecule has 0 unspecified atom stereocenters. The maximum Gasteiger partial charge on any atom is 2.00 e. The molecule has 0 saturated carbocycles. The van der Waals surface area contributed by atoms with Gasteiger partial charge in [0, 0.05) is 0 Å². The van der Waals surface area contributed by atoms with Gasteiger partial charge in [-0.05, 0) is 11.2 Å². The third-order valence-electron chi connectivity index (χ3n) is 0. The molecule has 0 aromatic heterocycles. The third kappa shape index (κ3) is 171. The molecule has 0 aliphatic rings. The van der Waals surface area contributed by atoms with Crippen LogP contribution in [0.4, 0.5) is 0 Å². The molecule has 0 radical (unpaired) electrons. The van der Waals surface area contributed by atoms with Crippen molar-refractivity contribution in [2.24, 2.45) is 0 Å². The van der Waals surface area contributed by atoms with Crippen LogP contribution >= 0.6 is 0 Å². The minimum atomic E-state index is -4.33. The number of rotatable bonds is 0. The molecule has 0 aromatic carbocycles. The second-order valence-corrected chi connectivity index (χ2v) is 2.45. The van der Waals surface area contributed by atoms with Gasteiger partial charge in [-0.2, -0.15) is 0 Å². The Kier molecular flexibility index (Phi) is 11.6. The molecule has 0 bridgehead atoms. The summed E-state index contributed by atoms with van der Waals surface area (Å²) in [5, 5.41) is 0. The van der Waals surface area contributed by atoms with Gasteiger partial charge >= 0.3 is 23.1 Å². The van der Waals surface area contributed by atoms with Crippen molar-refractivity contribution >= 4 is 43.3 Å². The minimum Gasteiger partial charge on any atom is -0.780 e. The third-order valence-corrected chi connectivity index (χ3v) is 0. The molecule has 7 heavy (non-hydrogen) atoms. The van der Waals surface area contributed by atoms with Crippen molar-refractivity contribution in [1.29, 1.82) is 0 Å². The fourth-order valence-electron chi connectivity index (χ4n) is 0. The van der Waals surface area contributed by atoms with E-state index in [1.807, 2.05) is 0 Å². The first-order valence-corrected chi connectivity index (χ1v) is 3.00. The first-order valence-electron chi connectivity index (χ1n) is 0.667. The summed E-state index contributed by atoms with van der Waals surface area (Å²) in [5.41, 5.74) is 0. The van der Waals surface area contributed by atoms with Gasteiger partial charge in [0.05, 0.1) is 0 Å². The maximum atomic E-state index is 8.89. The molecule has 2 N–H and O–H groups in total. The van der Waals surface area contributed by atoms with E-state index in [-0.39, 0.29) is 28.5 Å². The van der Waals surface area contributed by atoms with Gasteiger partial charge in [-0.1, -0.05) is 0 Å². The summed E-state index contributed by atoms with van der Waals surface area (Å²) < 4.78 is 26.7. The average Bonchev–Trinajstić information content (AvgIpc) is 0.722. The van der Waals surface area contributed by atoms with E-state index in [4.69, 9.17) is 13.3 Å². The Hall–Kier alpha value is 1.02. The van der Waals surface area contributed by atoms with Gasteiger partial charge in [-0.25, -0.2) is 0 Å². The minimum absolute atomic E-state index is 0. The quantitative estimate of drug-likeness (QED) is 0.370. The Balaban J connectivity index is -0.0000000800. The number of hydrogen-bond donors (Lipinski definition) is 0. The van der Waals surface area contributed by atoms with Gasteiger partial charge in [-0.3, -0.25) is 4.21 Å². The van der Waals surface area contributed by atoms with E-state index < -0.39 is 9.05 Å². The van der Waals surface area contributed by atoms with Crippen LogP contribution in [0.2, 0.25) is 0 Å². The van der Waals surface area contributed by atoms with Crippen LogP contribution in [0.25, 0.3) is 0 Å². The van der Waals surface area contributed by atoms with Gasteiger partial charge in [0.15, 0.2) is 0 Å². The molecule has 0 heterocycles. The molecule has 40 valence electrons. The Morgan fingerprint density at radius 3 is 1.43 bits per heavy atom. The van der Waals surface area contributed by atoms with Crippen LogP contribution < -0.4 is 0 Å². The molecule has 7 heteroatoms. The molecule has 0 atom stereocenters. The summed E-state index contributed by atoms with van der Waals surface area (Å²) in [7, 11) is -4.33. The van der Waals surface area contributed by atoms with E-state index in [1.165, 1.54) is 0 Å². The van der Waals surface area contributed by atoms with Crippen molar-refractivity contribution < 1.29 is 18.8 Å². The first kappa shape index (κ1) is 15.7. The van der Waals surface area contributed by atoms with E-state index in [0.717, 1.165) is 0 Å². The van der Waals surface area contributed by atoms with Crippen molar-refractivity contribution in [1.82, 2.24) is 0 Å². The van der Waals surface area contributed by atoms with Crippen molar-refractivity contribution in [2.45, 2.75) is 0 Å². The average molecular weight is 154 g/mol. The zero-order valence-corrected chi connectivity index (χ0v) is 6.30. The van der Waals surface area contributed by atoms with Crippen molar-refractivity contribution in [3.8, 4) is 0 Å². The van der Waals surface area contributed by atoms with Crippen LogP contribution in [-0.2, 0) is 20.2 Å². The summed E-state index contributed by atoms with van der Waals surface area (Å²) >= 11 is 3.24. The van der Waals surface area contributed by atoms with Crippen LogP contribution in [0.3, 0.4) is 0 Å². The van der Waals surface area contributed by atoms with Gasteiger partial charge in [0.2, 0.25) is 0 Å². The van der Waals surface area contributed by atoms with E-state index in [1.54, 1.807) is 0 Å². The van der Waals surface area contributed by atoms with E-state index in [2.05, 4.69) is 11.2 Å². The molecule has 0 spiro atoms. The summed E-state index contributed by atoms with van der Waals surface area (Å²) in [6.45, 7) is 0. The van der Waals surface area contributed by atoms with E-state index >= 15 is 0 Å². The van der Waals surface area contributed by atoms with Crippen LogP contribution in [0.1, 0.15) is 0 Å². The fourth-order valence-corrected chi connectivity index (χ4v) is 0. The largest absolute Gasteiger partial charge is 2.00 e. The Labute approximate surface area is 62.1 Å². The Morgan fingerprint density at radius 1 is 1.43 bits per heavy atom. The van der Waals surface area contributed by atoms with Crippen LogP contribution in [0, 0.1) is 0 Å². The van der Waals surface area contributed by atoms with E-state index in [0.29, 0.717) is 0 Å². The van der Waals surface area contributed by atoms with Crippen LogP contribution in [0.5, 0.6) is 0 Å². The second kappa shape index (κ2) is 5.16. The van der Waals surface area contributed by atoms with Crippen LogP contribution in [0.15, 0.2) is 0 Å². The zero-order chi connectivity index (χ0) is 4.50. The smallest absolute Gasteiger partial charge is 0.780 e. The SMILES string of the molecule is O.O=S([O-])([O-])=S.[Mg+2]. The van der Waals surface area contributed by atoms with Gasteiger partial charge in [0.25, 0.3) is 0 Å². The number of hydrogen-bond acceptors (Lipinski definition) is 4. The zero-order valence-electron chi connectivity index (χ0n) is 3.25. The summed E-state index contributed by atoms with van der Waals surface area (Å²) in [6, 6.07) is 0. The standard InChI is InChI=1S/Mg.H2O3S2.H2O/c;1-5(2,3)4;/h;(H2,1,2,3,4);1H2/q+2;;/p-2. The molecule has 4 nitrogen and oxygen atoms in total. The molecule has 0 amide bonds. The molecule has 0 fully saturated rings. The fraction of sp³-hybridized carbons (Fsp3) is 0. The second-order valence-electron chi connectivity index (χ2n) is 0.408. The van der Waals surface area contributed by atoms with Crippen molar-refractivity contribution in [3.05, 3.63) is 0 Å². The van der Waals surface area contributed by atoms with Crippen LogP contribution in [-0.4, -0.2) is 41.8 Å². The Morgan fingerprint density at radius 2 is 1.43 bits per heavy atom. The summed E-state index contributed by atoms with van der Waals surface area (Å²) in [6.07, 6.45) is 0. The predicted octanol–water partition coefficient (Wildman–Crippen LogP) is -2.21. The predicted molar refractivity (Wildman–Crippen MR) is 26.4 cm³/mol. The first-order chi connectivity index (χ1) is 2.00. The van der Waals surface area contributed by atoms with Crippen molar-refractivity contribution in [2.75, 3.05) is 0 Å². The molecular weight excluding hydrogens is 152 g/mol. The molecule has 0 aromatic rings. The molecule has 0 rings (SSSR count). The maximum absolute atomic E-state index is 8.89. The molecule has 0 aliphatic heterocycles. The van der Waals surface area contributed by atoms with Crippen molar-refractivity contribution in [3.63, 3.8) is 0 Å². The summed E-state index contributed by atoms with van der Waals surface area (Å²) in [4.78, 5) is 0. The van der Waals surface area contributed by atoms with E-state index in [9.17, 15) is 0 Å². The monoisotopic (exact) mass is 154 g/mol.